The normalized spacial score (nSPS) is 11.7. The third-order valence-electron chi connectivity index (χ3n) is 2.19. The number of ether oxygens (including phenoxy) is 1. The van der Waals surface area contributed by atoms with E-state index in [2.05, 4.69) is 14.7 Å². The maximum Gasteiger partial charge on any atom is 0.434 e. The van der Waals surface area contributed by atoms with Crippen molar-refractivity contribution in [2.75, 3.05) is 6.61 Å². The van der Waals surface area contributed by atoms with Crippen LogP contribution in [-0.4, -0.2) is 22.5 Å². The molecule has 0 saturated carbocycles. The minimum absolute atomic E-state index is 0.0100. The van der Waals surface area contributed by atoms with Crippen molar-refractivity contribution in [3.8, 4) is 0 Å². The highest BCUT2D eigenvalue weighted by Crippen LogP contribution is 2.30. The van der Waals surface area contributed by atoms with Gasteiger partial charge in [-0.15, -0.1) is 0 Å². The van der Waals surface area contributed by atoms with E-state index in [1.807, 2.05) is 13.8 Å². The maximum atomic E-state index is 12.9. The quantitative estimate of drug-likeness (QED) is 0.793. The highest BCUT2D eigenvalue weighted by molar-refractivity contribution is 5.90. The van der Waals surface area contributed by atoms with Crippen LogP contribution in [0.1, 0.15) is 42.6 Å². The molecule has 4 nitrogen and oxygen atoms in total. The molecule has 0 radical (unpaired) electrons. The second-order valence-electron chi connectivity index (χ2n) is 4.36. The molecule has 1 rings (SSSR count). The van der Waals surface area contributed by atoms with Crippen molar-refractivity contribution in [2.45, 2.75) is 33.4 Å². The molecule has 0 aliphatic carbocycles. The zero-order valence-electron chi connectivity index (χ0n) is 10.9. The fourth-order valence-electron chi connectivity index (χ4n) is 1.46. The minimum atomic E-state index is -4.71. The first-order valence-electron chi connectivity index (χ1n) is 5.86. The summed E-state index contributed by atoms with van der Waals surface area (Å²) in [4.78, 5) is 18.7. The number of nitrogens with zero attached hydrogens (tertiary/aromatic N) is 2. The van der Waals surface area contributed by atoms with Gasteiger partial charge in [-0.2, -0.15) is 13.2 Å². The van der Waals surface area contributed by atoms with Crippen LogP contribution in [0.5, 0.6) is 0 Å². The lowest BCUT2D eigenvalue weighted by molar-refractivity contribution is -0.142. The van der Waals surface area contributed by atoms with E-state index in [-0.39, 0.29) is 18.3 Å². The summed E-state index contributed by atoms with van der Waals surface area (Å²) in [5, 5.41) is 0. The van der Waals surface area contributed by atoms with Gasteiger partial charge in [0.15, 0.2) is 5.69 Å². The predicted octanol–water partition coefficient (Wildman–Crippen LogP) is 2.87. The summed E-state index contributed by atoms with van der Waals surface area (Å²) in [6.45, 7) is 5.19. The number of rotatable bonds is 4. The molecule has 0 aromatic carbocycles. The highest BCUT2D eigenvalue weighted by atomic mass is 19.4. The van der Waals surface area contributed by atoms with Crippen LogP contribution in [0.15, 0.2) is 6.20 Å². The van der Waals surface area contributed by atoms with Crippen molar-refractivity contribution >= 4 is 5.97 Å². The molecule has 1 aromatic heterocycles. The number of aromatic nitrogens is 2. The average molecular weight is 276 g/mol. The van der Waals surface area contributed by atoms with E-state index in [1.54, 1.807) is 0 Å². The molecule has 0 atom stereocenters. The maximum absolute atomic E-state index is 12.9. The van der Waals surface area contributed by atoms with Crippen molar-refractivity contribution in [1.82, 2.24) is 9.97 Å². The first kappa shape index (κ1) is 15.4. The van der Waals surface area contributed by atoms with Crippen molar-refractivity contribution in [3.63, 3.8) is 0 Å². The molecule has 0 aliphatic rings. The van der Waals surface area contributed by atoms with Crippen LogP contribution in [0, 0.1) is 5.92 Å². The van der Waals surface area contributed by atoms with Crippen LogP contribution in [0.2, 0.25) is 0 Å². The van der Waals surface area contributed by atoms with Gasteiger partial charge in [0.2, 0.25) is 0 Å². The van der Waals surface area contributed by atoms with Crippen molar-refractivity contribution in [2.24, 2.45) is 5.92 Å². The smallest absolute Gasteiger partial charge is 0.434 e. The summed E-state index contributed by atoms with van der Waals surface area (Å²) in [7, 11) is 0. The Morgan fingerprint density at radius 3 is 2.53 bits per heavy atom. The Morgan fingerprint density at radius 2 is 2.05 bits per heavy atom. The van der Waals surface area contributed by atoms with Crippen LogP contribution in [-0.2, 0) is 17.3 Å². The number of halogens is 3. The summed E-state index contributed by atoms with van der Waals surface area (Å²) in [6, 6.07) is 0. The van der Waals surface area contributed by atoms with Crippen LogP contribution in [0.3, 0.4) is 0 Å². The molecule has 1 heterocycles. The van der Waals surface area contributed by atoms with Crippen LogP contribution in [0.4, 0.5) is 13.2 Å². The summed E-state index contributed by atoms with van der Waals surface area (Å²) in [6.07, 6.45) is -3.52. The van der Waals surface area contributed by atoms with E-state index in [9.17, 15) is 18.0 Å². The van der Waals surface area contributed by atoms with Gasteiger partial charge >= 0.3 is 12.1 Å². The Morgan fingerprint density at radius 1 is 1.42 bits per heavy atom. The molecule has 0 saturated heterocycles. The Hall–Kier alpha value is -1.66. The SMILES string of the molecule is CCOC(=O)c1cnc(CC(C)C)nc1C(F)(F)F. The fraction of sp³-hybridized carbons (Fsp3) is 0.583. The zero-order chi connectivity index (χ0) is 14.6. The molecule has 0 amide bonds. The minimum Gasteiger partial charge on any atom is -0.462 e. The van der Waals surface area contributed by atoms with Crippen LogP contribution in [0.25, 0.3) is 0 Å². The lowest BCUT2D eigenvalue weighted by atomic mass is 10.1. The molecular weight excluding hydrogens is 261 g/mol. The molecule has 0 bridgehead atoms. The van der Waals surface area contributed by atoms with Gasteiger partial charge in [-0.25, -0.2) is 14.8 Å². The first-order valence-corrected chi connectivity index (χ1v) is 5.86. The van der Waals surface area contributed by atoms with Gasteiger partial charge in [-0.05, 0) is 12.8 Å². The Bertz CT molecular complexity index is 459. The van der Waals surface area contributed by atoms with Crippen LogP contribution >= 0.6 is 0 Å². The lowest BCUT2D eigenvalue weighted by Crippen LogP contribution is -2.19. The number of hydrogen-bond acceptors (Lipinski definition) is 4. The molecular formula is C12H15F3N2O2. The van der Waals surface area contributed by atoms with E-state index in [1.165, 1.54) is 6.92 Å². The van der Waals surface area contributed by atoms with E-state index >= 15 is 0 Å². The van der Waals surface area contributed by atoms with Crippen molar-refractivity contribution in [1.29, 1.82) is 0 Å². The number of alkyl halides is 3. The predicted molar refractivity (Wildman–Crippen MR) is 61.5 cm³/mol. The van der Waals surface area contributed by atoms with Gasteiger partial charge in [-0.3, -0.25) is 0 Å². The number of hydrogen-bond donors (Lipinski definition) is 0. The number of carbonyl (C=O) groups is 1. The second-order valence-corrected chi connectivity index (χ2v) is 4.36. The standard InChI is InChI=1S/C12H15F3N2O2/c1-4-19-11(18)8-6-16-9(5-7(2)3)17-10(8)12(13,14)15/h6-7H,4-5H2,1-3H3. The summed E-state index contributed by atoms with van der Waals surface area (Å²) in [5.74, 6) is -0.879. The average Bonchev–Trinajstić information content (AvgIpc) is 2.27. The van der Waals surface area contributed by atoms with Gasteiger partial charge in [0.1, 0.15) is 11.4 Å². The van der Waals surface area contributed by atoms with Gasteiger partial charge in [0.05, 0.1) is 6.61 Å². The van der Waals surface area contributed by atoms with Crippen molar-refractivity contribution in [3.05, 3.63) is 23.3 Å². The van der Waals surface area contributed by atoms with Gasteiger partial charge in [0, 0.05) is 12.6 Å². The molecule has 1 aromatic rings. The Labute approximate surface area is 109 Å². The topological polar surface area (TPSA) is 52.1 Å². The third kappa shape index (κ3) is 4.18. The molecule has 7 heteroatoms. The van der Waals surface area contributed by atoms with Gasteiger partial charge in [-0.1, -0.05) is 13.8 Å². The summed E-state index contributed by atoms with van der Waals surface area (Å²) in [5.41, 5.74) is -1.89. The fourth-order valence-corrected chi connectivity index (χ4v) is 1.46. The molecule has 0 aliphatic heterocycles. The summed E-state index contributed by atoms with van der Waals surface area (Å²) >= 11 is 0. The molecule has 0 fully saturated rings. The molecule has 0 unspecified atom stereocenters. The monoisotopic (exact) mass is 276 g/mol. The van der Waals surface area contributed by atoms with Gasteiger partial charge in [0.25, 0.3) is 0 Å². The molecule has 106 valence electrons. The first-order chi connectivity index (χ1) is 8.75. The van der Waals surface area contributed by atoms with E-state index in [0.717, 1.165) is 6.20 Å². The Balaban J connectivity index is 3.21. The van der Waals surface area contributed by atoms with Crippen molar-refractivity contribution < 1.29 is 22.7 Å². The highest BCUT2D eigenvalue weighted by Gasteiger charge is 2.38. The summed E-state index contributed by atoms with van der Waals surface area (Å²) < 4.78 is 43.2. The third-order valence-corrected chi connectivity index (χ3v) is 2.19. The largest absolute Gasteiger partial charge is 0.462 e. The van der Waals surface area contributed by atoms with Crippen LogP contribution < -0.4 is 0 Å². The zero-order valence-corrected chi connectivity index (χ0v) is 10.9. The molecule has 19 heavy (non-hydrogen) atoms. The lowest BCUT2D eigenvalue weighted by Gasteiger charge is -2.12. The second kappa shape index (κ2) is 5.99. The van der Waals surface area contributed by atoms with E-state index in [4.69, 9.17) is 0 Å². The van der Waals surface area contributed by atoms with E-state index in [0.29, 0.717) is 6.42 Å². The number of esters is 1. The van der Waals surface area contributed by atoms with E-state index < -0.39 is 23.4 Å². The molecule has 0 N–H and O–H groups in total. The Kier molecular flexibility index (Phi) is 4.85. The van der Waals surface area contributed by atoms with Gasteiger partial charge < -0.3 is 4.74 Å². The number of carbonyl (C=O) groups excluding carboxylic acids is 1. The molecule has 0 spiro atoms.